The van der Waals surface area contributed by atoms with Crippen LogP contribution in [0.3, 0.4) is 0 Å². The second-order valence-electron chi connectivity index (χ2n) is 7.24. The van der Waals surface area contributed by atoms with Gasteiger partial charge in [-0.25, -0.2) is 4.79 Å². The number of thiocarbonyl (C=S) groups is 1. The molecule has 0 atom stereocenters. The molecule has 0 saturated carbocycles. The van der Waals surface area contributed by atoms with Gasteiger partial charge >= 0.3 is 5.97 Å². The van der Waals surface area contributed by atoms with E-state index in [2.05, 4.69) is 36.6 Å². The molecule has 1 aliphatic rings. The Hall–Kier alpha value is -1.92. The summed E-state index contributed by atoms with van der Waals surface area (Å²) in [6, 6.07) is 6.20. The molecule has 0 bridgehead atoms. The summed E-state index contributed by atoms with van der Waals surface area (Å²) in [4.78, 5) is 14.0. The minimum Gasteiger partial charge on any atom is -0.462 e. The van der Waals surface area contributed by atoms with Crippen LogP contribution in [0.2, 0.25) is 0 Å². The third-order valence-electron chi connectivity index (χ3n) is 5.01. The minimum atomic E-state index is -0.252. The lowest BCUT2D eigenvalue weighted by Gasteiger charge is -2.14. The van der Waals surface area contributed by atoms with Gasteiger partial charge in [-0.3, -0.25) is 0 Å². The van der Waals surface area contributed by atoms with Gasteiger partial charge in [-0.05, 0) is 75.9 Å². The van der Waals surface area contributed by atoms with Crippen LogP contribution >= 0.6 is 23.6 Å². The minimum absolute atomic E-state index is 0.252. The molecule has 1 aromatic carbocycles. The number of carbonyl (C=O) groups is 1. The van der Waals surface area contributed by atoms with Crippen LogP contribution in [0.1, 0.15) is 64.5 Å². The number of anilines is 2. The first-order valence-electron chi connectivity index (χ1n) is 9.96. The van der Waals surface area contributed by atoms with E-state index >= 15 is 0 Å². The normalized spacial score (nSPS) is 13.8. The molecule has 0 radical (unpaired) electrons. The predicted molar refractivity (Wildman–Crippen MR) is 122 cm³/mol. The lowest BCUT2D eigenvalue weighted by molar-refractivity contribution is 0.0526. The molecule has 1 heterocycles. The smallest absolute Gasteiger partial charge is 0.341 e. The third kappa shape index (κ3) is 4.92. The van der Waals surface area contributed by atoms with Crippen molar-refractivity contribution in [2.75, 3.05) is 17.2 Å². The van der Waals surface area contributed by atoms with Crippen molar-refractivity contribution in [2.45, 2.75) is 59.3 Å². The molecule has 6 heteroatoms. The van der Waals surface area contributed by atoms with E-state index in [4.69, 9.17) is 17.0 Å². The first-order valence-corrected chi connectivity index (χ1v) is 11.2. The first-order chi connectivity index (χ1) is 13.5. The van der Waals surface area contributed by atoms with Crippen molar-refractivity contribution >= 4 is 45.3 Å². The topological polar surface area (TPSA) is 50.4 Å². The largest absolute Gasteiger partial charge is 0.462 e. The number of hydrogen-bond acceptors (Lipinski definition) is 4. The fraction of sp³-hybridized carbons (Fsp3) is 0.455. The maximum atomic E-state index is 12.7. The van der Waals surface area contributed by atoms with Crippen LogP contribution in [0.5, 0.6) is 0 Å². The van der Waals surface area contributed by atoms with Crippen LogP contribution in [-0.2, 0) is 17.6 Å². The molecular formula is C22H28N2O2S2. The van der Waals surface area contributed by atoms with Crippen LogP contribution < -0.4 is 10.6 Å². The van der Waals surface area contributed by atoms with Crippen molar-refractivity contribution < 1.29 is 9.53 Å². The molecule has 0 spiro atoms. The van der Waals surface area contributed by atoms with E-state index in [9.17, 15) is 4.79 Å². The fourth-order valence-corrected chi connectivity index (χ4v) is 5.20. The summed E-state index contributed by atoms with van der Waals surface area (Å²) in [5, 5.41) is 7.83. The number of hydrogen-bond donors (Lipinski definition) is 2. The first kappa shape index (κ1) is 20.8. The van der Waals surface area contributed by atoms with Crippen molar-refractivity contribution in [3.63, 3.8) is 0 Å². The van der Waals surface area contributed by atoms with E-state index < -0.39 is 0 Å². The maximum Gasteiger partial charge on any atom is 0.341 e. The summed E-state index contributed by atoms with van der Waals surface area (Å²) < 4.78 is 5.36. The standard InChI is InChI=1S/C22H28N2O2S2/c1-4-26-21(25)19-16-9-7-5-6-8-10-18(16)28-20(19)24-22(27)23-17-12-11-14(2)13-15(17)3/h11-13H,4-10H2,1-3H3,(H2,23,24,27). The van der Waals surface area contributed by atoms with Gasteiger partial charge in [0.1, 0.15) is 5.00 Å². The summed E-state index contributed by atoms with van der Waals surface area (Å²) in [6.07, 6.45) is 6.69. The Morgan fingerprint density at radius 2 is 1.89 bits per heavy atom. The lowest BCUT2D eigenvalue weighted by Crippen LogP contribution is -2.21. The molecule has 3 rings (SSSR count). The molecule has 2 N–H and O–H groups in total. The molecule has 0 aliphatic heterocycles. The van der Waals surface area contributed by atoms with Gasteiger partial charge in [-0.1, -0.05) is 30.5 Å². The molecule has 2 aromatic rings. The zero-order chi connectivity index (χ0) is 20.1. The summed E-state index contributed by atoms with van der Waals surface area (Å²) >= 11 is 7.19. The molecule has 0 saturated heterocycles. The van der Waals surface area contributed by atoms with Crippen LogP contribution in [0, 0.1) is 13.8 Å². The third-order valence-corrected chi connectivity index (χ3v) is 6.42. The van der Waals surface area contributed by atoms with Gasteiger partial charge in [0.25, 0.3) is 0 Å². The molecule has 0 unspecified atom stereocenters. The zero-order valence-corrected chi connectivity index (χ0v) is 18.4. The van der Waals surface area contributed by atoms with Gasteiger partial charge in [0.2, 0.25) is 0 Å². The fourth-order valence-electron chi connectivity index (χ4n) is 3.64. The highest BCUT2D eigenvalue weighted by molar-refractivity contribution is 7.80. The predicted octanol–water partition coefficient (Wildman–Crippen LogP) is 6.01. The van der Waals surface area contributed by atoms with E-state index in [0.717, 1.165) is 41.1 Å². The van der Waals surface area contributed by atoms with Crippen LogP contribution in [-0.4, -0.2) is 17.7 Å². The Labute approximate surface area is 176 Å². The molecule has 150 valence electrons. The Morgan fingerprint density at radius 3 is 2.61 bits per heavy atom. The van der Waals surface area contributed by atoms with Crippen molar-refractivity contribution in [2.24, 2.45) is 0 Å². The number of esters is 1. The highest BCUT2D eigenvalue weighted by Gasteiger charge is 2.25. The second-order valence-corrected chi connectivity index (χ2v) is 8.75. The Bertz CT molecular complexity index is 874. The molecule has 1 aromatic heterocycles. The van der Waals surface area contributed by atoms with Gasteiger partial charge in [-0.15, -0.1) is 11.3 Å². The lowest BCUT2D eigenvalue weighted by atomic mass is 9.96. The second kappa shape index (κ2) is 9.52. The highest BCUT2D eigenvalue weighted by atomic mass is 32.1. The van der Waals surface area contributed by atoms with Crippen molar-refractivity contribution in [1.29, 1.82) is 0 Å². The molecule has 0 amide bonds. The monoisotopic (exact) mass is 416 g/mol. The van der Waals surface area contributed by atoms with E-state index in [1.165, 1.54) is 29.7 Å². The molecular weight excluding hydrogens is 388 g/mol. The number of nitrogens with one attached hydrogen (secondary N) is 2. The van der Waals surface area contributed by atoms with Gasteiger partial charge < -0.3 is 15.4 Å². The van der Waals surface area contributed by atoms with Crippen molar-refractivity contribution in [3.8, 4) is 0 Å². The summed E-state index contributed by atoms with van der Waals surface area (Å²) in [7, 11) is 0. The SMILES string of the molecule is CCOC(=O)c1c(NC(=S)Nc2ccc(C)cc2C)sc2c1CCCCCC2. The van der Waals surface area contributed by atoms with E-state index in [-0.39, 0.29) is 5.97 Å². The molecule has 0 fully saturated rings. The van der Waals surface area contributed by atoms with Crippen LogP contribution in [0.4, 0.5) is 10.7 Å². The van der Waals surface area contributed by atoms with E-state index in [1.807, 2.05) is 13.0 Å². The number of benzene rings is 1. The number of thiophene rings is 1. The van der Waals surface area contributed by atoms with Crippen LogP contribution in [0.15, 0.2) is 18.2 Å². The average molecular weight is 417 g/mol. The quantitative estimate of drug-likeness (QED) is 0.472. The summed E-state index contributed by atoms with van der Waals surface area (Å²) in [6.45, 7) is 6.33. The Balaban J connectivity index is 1.86. The van der Waals surface area contributed by atoms with E-state index in [0.29, 0.717) is 17.3 Å². The zero-order valence-electron chi connectivity index (χ0n) is 16.8. The number of fused-ring (bicyclic) bond motifs is 1. The molecule has 28 heavy (non-hydrogen) atoms. The van der Waals surface area contributed by atoms with Crippen LogP contribution in [0.25, 0.3) is 0 Å². The number of aryl methyl sites for hydroxylation is 3. The molecule has 1 aliphatic carbocycles. The van der Waals surface area contributed by atoms with Gasteiger partial charge in [0.05, 0.1) is 12.2 Å². The summed E-state index contributed by atoms with van der Waals surface area (Å²) in [5.41, 5.74) is 5.14. The van der Waals surface area contributed by atoms with Gasteiger partial charge in [0, 0.05) is 10.6 Å². The van der Waals surface area contributed by atoms with Crippen molar-refractivity contribution in [3.05, 3.63) is 45.3 Å². The number of rotatable bonds is 4. The van der Waals surface area contributed by atoms with E-state index in [1.54, 1.807) is 11.3 Å². The average Bonchev–Trinajstić information content (AvgIpc) is 2.94. The number of carbonyl (C=O) groups excluding carboxylic acids is 1. The van der Waals surface area contributed by atoms with Gasteiger partial charge in [0.15, 0.2) is 5.11 Å². The summed E-state index contributed by atoms with van der Waals surface area (Å²) in [5.74, 6) is -0.252. The Kier molecular flexibility index (Phi) is 7.08. The Morgan fingerprint density at radius 1 is 1.14 bits per heavy atom. The maximum absolute atomic E-state index is 12.7. The van der Waals surface area contributed by atoms with Crippen molar-refractivity contribution in [1.82, 2.24) is 0 Å². The molecule has 4 nitrogen and oxygen atoms in total. The number of ether oxygens (including phenoxy) is 1. The highest BCUT2D eigenvalue weighted by Crippen LogP contribution is 2.37. The van der Waals surface area contributed by atoms with Gasteiger partial charge in [-0.2, -0.15) is 0 Å².